The van der Waals surface area contributed by atoms with Gasteiger partial charge in [0.05, 0.1) is 6.10 Å². The maximum atomic E-state index is 8.91. The molecule has 3 aliphatic rings. The van der Waals surface area contributed by atoms with Crippen LogP contribution in [-0.2, 0) is 4.74 Å². The smallest absolute Gasteiger partial charge is 0.237 e. The zero-order valence-electron chi connectivity index (χ0n) is 18.3. The number of methoxy groups -OCH3 is 1. The van der Waals surface area contributed by atoms with Gasteiger partial charge < -0.3 is 24.9 Å². The van der Waals surface area contributed by atoms with Crippen molar-refractivity contribution in [3.63, 3.8) is 0 Å². The molecular weight excluding hydrogens is 380 g/mol. The molecule has 0 aromatic carbocycles. The third-order valence-corrected chi connectivity index (χ3v) is 6.80. The summed E-state index contributed by atoms with van der Waals surface area (Å²) in [5, 5.41) is 24.9. The van der Waals surface area contributed by atoms with E-state index in [4.69, 9.17) is 20.1 Å². The molecule has 1 unspecified atom stereocenters. The van der Waals surface area contributed by atoms with Gasteiger partial charge in [0.2, 0.25) is 5.89 Å². The van der Waals surface area contributed by atoms with E-state index in [9.17, 15) is 0 Å². The number of hydrogen-bond donors (Lipinski definition) is 3. The Morgan fingerprint density at radius 1 is 1.20 bits per heavy atom. The summed E-state index contributed by atoms with van der Waals surface area (Å²) in [4.78, 5) is 6.67. The summed E-state index contributed by atoms with van der Waals surface area (Å²) in [5.74, 6) is 1.76. The molecule has 2 saturated carbocycles. The van der Waals surface area contributed by atoms with E-state index in [1.165, 1.54) is 32.1 Å². The van der Waals surface area contributed by atoms with Gasteiger partial charge in [0, 0.05) is 50.3 Å². The molecule has 3 N–H and O–H groups in total. The molecule has 8 heteroatoms. The lowest BCUT2D eigenvalue weighted by Gasteiger charge is -2.42. The van der Waals surface area contributed by atoms with Crippen molar-refractivity contribution in [1.82, 2.24) is 20.4 Å². The van der Waals surface area contributed by atoms with E-state index < -0.39 is 0 Å². The predicted octanol–water partition coefficient (Wildman–Crippen LogP) is 3.45. The summed E-state index contributed by atoms with van der Waals surface area (Å²) < 4.78 is 11.4. The Morgan fingerprint density at radius 2 is 1.97 bits per heavy atom. The van der Waals surface area contributed by atoms with Crippen molar-refractivity contribution in [1.29, 1.82) is 10.8 Å². The lowest BCUT2D eigenvalue weighted by molar-refractivity contribution is 0.0193. The summed E-state index contributed by atoms with van der Waals surface area (Å²) in [7, 11) is 1.77. The van der Waals surface area contributed by atoms with Crippen LogP contribution in [0.25, 0.3) is 0 Å². The largest absolute Gasteiger partial charge is 0.378 e. The quantitative estimate of drug-likeness (QED) is 0.442. The molecule has 2 heterocycles. The predicted molar refractivity (Wildman–Crippen MR) is 116 cm³/mol. The number of nitrogens with zero attached hydrogens (tertiary/aromatic N) is 3. The van der Waals surface area contributed by atoms with Crippen LogP contribution in [0.5, 0.6) is 0 Å². The lowest BCUT2D eigenvalue weighted by Crippen LogP contribution is -2.57. The standard InChI is InChI=1S/C22H36N6O2/c1-14(23)12-17(22-26-21(27-30-22)15-8-9-15)20(24)28-11-10-18(19(13-28)29-2)25-16-6-4-3-5-7-16/h15-19,23-25H,3-13H2,1-2H3/t17?,18-,19+/m1/s1. The van der Waals surface area contributed by atoms with Crippen molar-refractivity contribution in [2.24, 2.45) is 0 Å². The fourth-order valence-electron chi connectivity index (χ4n) is 4.86. The van der Waals surface area contributed by atoms with Crippen LogP contribution in [0.3, 0.4) is 0 Å². The zero-order valence-corrected chi connectivity index (χ0v) is 18.3. The molecule has 1 aromatic rings. The average Bonchev–Trinajstić information content (AvgIpc) is 3.49. The number of amidine groups is 1. The minimum Gasteiger partial charge on any atom is -0.378 e. The first kappa shape index (κ1) is 21.4. The Morgan fingerprint density at radius 3 is 2.63 bits per heavy atom. The third-order valence-electron chi connectivity index (χ3n) is 6.80. The van der Waals surface area contributed by atoms with Gasteiger partial charge in [0.25, 0.3) is 0 Å². The summed E-state index contributed by atoms with van der Waals surface area (Å²) in [6.45, 7) is 3.26. The number of nitrogens with one attached hydrogen (secondary N) is 3. The normalized spacial score (nSPS) is 26.5. The SMILES string of the molecule is CO[C@H]1CN(C(=N)C(CC(C)=N)c2nc(C3CC3)no2)CC[C@H]1NC1CCCCC1. The van der Waals surface area contributed by atoms with E-state index in [0.717, 1.165) is 31.6 Å². The summed E-state index contributed by atoms with van der Waals surface area (Å²) in [6.07, 6.45) is 10.2. The lowest BCUT2D eigenvalue weighted by atomic mass is 9.92. The van der Waals surface area contributed by atoms with Crippen molar-refractivity contribution in [2.75, 3.05) is 20.2 Å². The first-order chi connectivity index (χ1) is 14.5. The van der Waals surface area contributed by atoms with Crippen LogP contribution >= 0.6 is 0 Å². The molecule has 8 nitrogen and oxygen atoms in total. The molecule has 0 radical (unpaired) electrons. The van der Waals surface area contributed by atoms with Crippen LogP contribution in [-0.4, -0.2) is 65.0 Å². The van der Waals surface area contributed by atoms with Crippen LogP contribution in [0.4, 0.5) is 0 Å². The molecule has 1 saturated heterocycles. The number of aromatic nitrogens is 2. The Hall–Kier alpha value is -1.80. The number of ether oxygens (including phenoxy) is 1. The van der Waals surface area contributed by atoms with Gasteiger partial charge in [-0.05, 0) is 39.0 Å². The fourth-order valence-corrected chi connectivity index (χ4v) is 4.86. The van der Waals surface area contributed by atoms with Crippen molar-refractivity contribution in [3.8, 4) is 0 Å². The van der Waals surface area contributed by atoms with Gasteiger partial charge in [0.1, 0.15) is 11.8 Å². The molecule has 3 atom stereocenters. The first-order valence-electron chi connectivity index (χ1n) is 11.5. The summed E-state index contributed by atoms with van der Waals surface area (Å²) in [6, 6.07) is 0.926. The molecule has 0 spiro atoms. The van der Waals surface area contributed by atoms with Gasteiger partial charge >= 0.3 is 0 Å². The maximum Gasteiger partial charge on any atom is 0.237 e. The van der Waals surface area contributed by atoms with Crippen molar-refractivity contribution in [2.45, 2.75) is 94.7 Å². The third kappa shape index (κ3) is 5.09. The zero-order chi connectivity index (χ0) is 21.1. The minimum atomic E-state index is -0.358. The van der Waals surface area contributed by atoms with Crippen molar-refractivity contribution in [3.05, 3.63) is 11.7 Å². The molecule has 0 amide bonds. The van der Waals surface area contributed by atoms with Gasteiger partial charge in [-0.2, -0.15) is 4.98 Å². The minimum absolute atomic E-state index is 0.0486. The number of rotatable bonds is 8. The van der Waals surface area contributed by atoms with E-state index in [1.807, 2.05) is 0 Å². The molecule has 1 aromatic heterocycles. The van der Waals surface area contributed by atoms with Crippen LogP contribution in [0.1, 0.15) is 88.3 Å². The van der Waals surface area contributed by atoms with Crippen molar-refractivity contribution >= 4 is 11.5 Å². The highest BCUT2D eigenvalue weighted by molar-refractivity contribution is 5.91. The number of hydrogen-bond acceptors (Lipinski definition) is 7. The van der Waals surface area contributed by atoms with E-state index in [2.05, 4.69) is 20.4 Å². The van der Waals surface area contributed by atoms with Crippen LogP contribution in [0.2, 0.25) is 0 Å². The molecule has 1 aliphatic heterocycles. The Labute approximate surface area is 179 Å². The van der Waals surface area contributed by atoms with Crippen LogP contribution in [0, 0.1) is 10.8 Å². The Bertz CT molecular complexity index is 740. The van der Waals surface area contributed by atoms with Gasteiger partial charge in [-0.25, -0.2) is 0 Å². The van der Waals surface area contributed by atoms with Crippen LogP contribution < -0.4 is 5.32 Å². The second kappa shape index (κ2) is 9.56. The second-order valence-corrected chi connectivity index (χ2v) is 9.30. The topological polar surface area (TPSA) is 111 Å². The van der Waals surface area contributed by atoms with Crippen molar-refractivity contribution < 1.29 is 9.26 Å². The Kier molecular flexibility index (Phi) is 6.83. The molecule has 3 fully saturated rings. The maximum absolute atomic E-state index is 8.91. The van der Waals surface area contributed by atoms with Gasteiger partial charge in [0.15, 0.2) is 5.82 Å². The van der Waals surface area contributed by atoms with E-state index in [-0.39, 0.29) is 12.0 Å². The van der Waals surface area contributed by atoms with E-state index >= 15 is 0 Å². The average molecular weight is 417 g/mol. The molecule has 2 aliphatic carbocycles. The molecule has 0 bridgehead atoms. The highest BCUT2D eigenvalue weighted by Gasteiger charge is 2.37. The van der Waals surface area contributed by atoms with E-state index in [0.29, 0.717) is 48.4 Å². The molecule has 4 rings (SSSR count). The van der Waals surface area contributed by atoms with Gasteiger partial charge in [-0.3, -0.25) is 5.41 Å². The summed E-state index contributed by atoms with van der Waals surface area (Å²) in [5.41, 5.74) is 0.521. The van der Waals surface area contributed by atoms with E-state index in [1.54, 1.807) is 14.0 Å². The Balaban J connectivity index is 1.41. The highest BCUT2D eigenvalue weighted by Crippen LogP contribution is 2.39. The number of likely N-dealkylation sites (tertiary alicyclic amines) is 1. The molecule has 30 heavy (non-hydrogen) atoms. The van der Waals surface area contributed by atoms with Crippen LogP contribution in [0.15, 0.2) is 4.52 Å². The highest BCUT2D eigenvalue weighted by atomic mass is 16.5. The molecule has 166 valence electrons. The fraction of sp³-hybridized carbons (Fsp3) is 0.818. The summed E-state index contributed by atoms with van der Waals surface area (Å²) >= 11 is 0. The monoisotopic (exact) mass is 416 g/mol. The second-order valence-electron chi connectivity index (χ2n) is 9.30. The number of piperidine rings is 1. The first-order valence-corrected chi connectivity index (χ1v) is 11.5. The molecular formula is C22H36N6O2. The van der Waals surface area contributed by atoms with Gasteiger partial charge in [-0.15, -0.1) is 0 Å². The van der Waals surface area contributed by atoms with Gasteiger partial charge in [-0.1, -0.05) is 24.4 Å².